The predicted molar refractivity (Wildman–Crippen MR) is 74.4 cm³/mol. The van der Waals surface area contributed by atoms with E-state index in [4.69, 9.17) is 28.3 Å². The van der Waals surface area contributed by atoms with E-state index in [9.17, 15) is 4.79 Å². The molecule has 4 nitrogen and oxygen atoms in total. The van der Waals surface area contributed by atoms with Gasteiger partial charge in [0, 0.05) is 35.4 Å². The number of carbonyl (C=O) groups excluding carboxylic acids is 1. The normalized spacial score (nSPS) is 10.2. The van der Waals surface area contributed by atoms with Gasteiger partial charge in [0.25, 0.3) is 0 Å². The maximum absolute atomic E-state index is 11.9. The highest BCUT2D eigenvalue weighted by atomic mass is 35.5. The fourth-order valence-electron chi connectivity index (χ4n) is 1.49. The van der Waals surface area contributed by atoms with Gasteiger partial charge in [-0.3, -0.25) is 0 Å². The zero-order valence-corrected chi connectivity index (χ0v) is 11.6. The zero-order chi connectivity index (χ0) is 13.5. The van der Waals surface area contributed by atoms with Crippen molar-refractivity contribution in [2.45, 2.75) is 13.3 Å². The molecule has 2 amide bonds. The summed E-state index contributed by atoms with van der Waals surface area (Å²) in [7, 11) is 0. The van der Waals surface area contributed by atoms with Gasteiger partial charge < -0.3 is 15.3 Å². The number of hydrogen-bond acceptors (Lipinski definition) is 2. The number of rotatable bonds is 5. The van der Waals surface area contributed by atoms with Crippen LogP contribution in [0.1, 0.15) is 13.3 Å². The molecular formula is C12H16Cl2N2O2. The summed E-state index contributed by atoms with van der Waals surface area (Å²) >= 11 is 11.7. The number of carbonyl (C=O) groups is 1. The smallest absolute Gasteiger partial charge is 0.321 e. The number of nitrogens with zero attached hydrogens (tertiary/aromatic N) is 1. The van der Waals surface area contributed by atoms with Crippen LogP contribution in [0, 0.1) is 0 Å². The number of aliphatic hydroxyl groups is 1. The van der Waals surface area contributed by atoms with E-state index in [0.29, 0.717) is 35.2 Å². The van der Waals surface area contributed by atoms with Crippen LogP contribution in [-0.2, 0) is 0 Å². The lowest BCUT2D eigenvalue weighted by molar-refractivity contribution is 0.205. The van der Waals surface area contributed by atoms with Crippen molar-refractivity contribution in [3.05, 3.63) is 28.2 Å². The van der Waals surface area contributed by atoms with Crippen LogP contribution in [-0.4, -0.2) is 35.7 Å². The van der Waals surface area contributed by atoms with Crippen molar-refractivity contribution in [3.8, 4) is 0 Å². The second-order valence-electron chi connectivity index (χ2n) is 3.75. The molecule has 0 fully saturated rings. The molecule has 0 radical (unpaired) electrons. The number of aliphatic hydroxyl groups excluding tert-OH is 1. The van der Waals surface area contributed by atoms with Crippen molar-refractivity contribution in [1.29, 1.82) is 0 Å². The predicted octanol–water partition coefficient (Wildman–Crippen LogP) is 3.23. The summed E-state index contributed by atoms with van der Waals surface area (Å²) in [6.45, 7) is 3.02. The molecule has 0 atom stereocenters. The number of amides is 2. The highest BCUT2D eigenvalue weighted by molar-refractivity contribution is 6.35. The molecule has 0 unspecified atom stereocenters. The maximum Gasteiger partial charge on any atom is 0.321 e. The van der Waals surface area contributed by atoms with Crippen molar-refractivity contribution >= 4 is 34.9 Å². The molecule has 6 heteroatoms. The third-order valence-corrected chi connectivity index (χ3v) is 2.81. The molecule has 1 rings (SSSR count). The Bertz CT molecular complexity index is 393. The van der Waals surface area contributed by atoms with Crippen LogP contribution >= 0.6 is 23.2 Å². The molecule has 1 aromatic carbocycles. The second kappa shape index (κ2) is 7.46. The first kappa shape index (κ1) is 15.1. The summed E-state index contributed by atoms with van der Waals surface area (Å²) < 4.78 is 0. The Balaban J connectivity index is 2.67. The Labute approximate surface area is 116 Å². The van der Waals surface area contributed by atoms with E-state index in [1.807, 2.05) is 6.92 Å². The molecule has 2 N–H and O–H groups in total. The van der Waals surface area contributed by atoms with E-state index in [2.05, 4.69) is 5.32 Å². The molecule has 0 spiro atoms. The van der Waals surface area contributed by atoms with Gasteiger partial charge in [-0.05, 0) is 31.5 Å². The van der Waals surface area contributed by atoms with Gasteiger partial charge in [0.05, 0.1) is 0 Å². The monoisotopic (exact) mass is 290 g/mol. The molecule has 0 aromatic heterocycles. The molecule has 0 aliphatic rings. The minimum Gasteiger partial charge on any atom is -0.396 e. The van der Waals surface area contributed by atoms with Gasteiger partial charge in [0.15, 0.2) is 0 Å². The lowest BCUT2D eigenvalue weighted by Gasteiger charge is -2.21. The topological polar surface area (TPSA) is 52.6 Å². The molecule has 100 valence electrons. The average Bonchev–Trinajstić information content (AvgIpc) is 2.28. The van der Waals surface area contributed by atoms with Gasteiger partial charge in [-0.1, -0.05) is 23.2 Å². The lowest BCUT2D eigenvalue weighted by atomic mass is 10.3. The van der Waals surface area contributed by atoms with E-state index in [0.717, 1.165) is 0 Å². The van der Waals surface area contributed by atoms with Gasteiger partial charge >= 0.3 is 6.03 Å². The van der Waals surface area contributed by atoms with E-state index in [1.54, 1.807) is 23.1 Å². The van der Waals surface area contributed by atoms with Gasteiger partial charge in [0.1, 0.15) is 0 Å². The SMILES string of the molecule is CCN(CCCO)C(=O)Nc1cc(Cl)cc(Cl)c1. The van der Waals surface area contributed by atoms with Gasteiger partial charge in [0.2, 0.25) is 0 Å². The molecule has 0 heterocycles. The number of hydrogen-bond donors (Lipinski definition) is 2. The third-order valence-electron chi connectivity index (χ3n) is 2.37. The third kappa shape index (κ3) is 4.72. The summed E-state index contributed by atoms with van der Waals surface area (Å²) in [6.07, 6.45) is 0.553. The fourth-order valence-corrected chi connectivity index (χ4v) is 2.02. The van der Waals surface area contributed by atoms with E-state index in [-0.39, 0.29) is 12.6 Å². The number of benzene rings is 1. The lowest BCUT2D eigenvalue weighted by Crippen LogP contribution is -2.35. The first-order valence-electron chi connectivity index (χ1n) is 5.69. The summed E-state index contributed by atoms with van der Waals surface area (Å²) in [5.41, 5.74) is 0.556. The summed E-state index contributed by atoms with van der Waals surface area (Å²) in [5, 5.41) is 12.4. The summed E-state index contributed by atoms with van der Waals surface area (Å²) in [4.78, 5) is 13.5. The van der Waals surface area contributed by atoms with E-state index in [1.165, 1.54) is 0 Å². The van der Waals surface area contributed by atoms with Crippen molar-refractivity contribution < 1.29 is 9.90 Å². The van der Waals surface area contributed by atoms with Crippen LogP contribution in [0.3, 0.4) is 0 Å². The van der Waals surface area contributed by atoms with E-state index >= 15 is 0 Å². The highest BCUT2D eigenvalue weighted by Gasteiger charge is 2.11. The summed E-state index contributed by atoms with van der Waals surface area (Å²) in [6, 6.07) is 4.63. The van der Waals surface area contributed by atoms with Crippen molar-refractivity contribution in [2.75, 3.05) is 25.0 Å². The van der Waals surface area contributed by atoms with Gasteiger partial charge in [-0.15, -0.1) is 0 Å². The molecule has 0 saturated carbocycles. The molecule has 18 heavy (non-hydrogen) atoms. The number of urea groups is 1. The Hall–Kier alpha value is -0.970. The minimum absolute atomic E-state index is 0.0623. The minimum atomic E-state index is -0.232. The van der Waals surface area contributed by atoms with Crippen LogP contribution in [0.4, 0.5) is 10.5 Å². The molecule has 0 aliphatic heterocycles. The number of anilines is 1. The van der Waals surface area contributed by atoms with Crippen molar-refractivity contribution in [3.63, 3.8) is 0 Å². The highest BCUT2D eigenvalue weighted by Crippen LogP contribution is 2.22. The number of halogens is 2. The van der Waals surface area contributed by atoms with Crippen LogP contribution in [0.25, 0.3) is 0 Å². The Kier molecular flexibility index (Phi) is 6.25. The van der Waals surface area contributed by atoms with Crippen LogP contribution in [0.2, 0.25) is 10.0 Å². The Morgan fingerprint density at radius 3 is 2.44 bits per heavy atom. The van der Waals surface area contributed by atoms with Crippen LogP contribution in [0.15, 0.2) is 18.2 Å². The molecule has 1 aromatic rings. The van der Waals surface area contributed by atoms with Crippen molar-refractivity contribution in [1.82, 2.24) is 4.90 Å². The van der Waals surface area contributed by atoms with Crippen LogP contribution in [0.5, 0.6) is 0 Å². The zero-order valence-electron chi connectivity index (χ0n) is 10.1. The molecule has 0 saturated heterocycles. The van der Waals surface area contributed by atoms with E-state index < -0.39 is 0 Å². The molecule has 0 aliphatic carbocycles. The van der Waals surface area contributed by atoms with Crippen molar-refractivity contribution in [2.24, 2.45) is 0 Å². The molecular weight excluding hydrogens is 275 g/mol. The first-order valence-corrected chi connectivity index (χ1v) is 6.45. The first-order chi connectivity index (χ1) is 8.56. The maximum atomic E-state index is 11.9. The van der Waals surface area contributed by atoms with Gasteiger partial charge in [-0.25, -0.2) is 4.79 Å². The Morgan fingerprint density at radius 2 is 1.94 bits per heavy atom. The van der Waals surface area contributed by atoms with Gasteiger partial charge in [-0.2, -0.15) is 0 Å². The quantitative estimate of drug-likeness (QED) is 0.875. The largest absolute Gasteiger partial charge is 0.396 e. The summed E-state index contributed by atoms with van der Waals surface area (Å²) in [5.74, 6) is 0. The Morgan fingerprint density at radius 1 is 1.33 bits per heavy atom. The fraction of sp³-hybridized carbons (Fsp3) is 0.417. The molecule has 0 bridgehead atoms. The average molecular weight is 291 g/mol. The number of nitrogens with one attached hydrogen (secondary N) is 1. The van der Waals surface area contributed by atoms with Crippen LogP contribution < -0.4 is 5.32 Å². The second-order valence-corrected chi connectivity index (χ2v) is 4.62. The standard InChI is InChI=1S/C12H16Cl2N2O2/c1-2-16(4-3-5-17)12(18)15-11-7-9(13)6-10(14)8-11/h6-8,17H,2-5H2,1H3,(H,15,18).